The third-order valence-electron chi connectivity index (χ3n) is 3.88. The molecule has 1 unspecified atom stereocenters. The summed E-state index contributed by atoms with van der Waals surface area (Å²) in [6.45, 7) is 4.40. The highest BCUT2D eigenvalue weighted by atomic mass is 35.5. The first-order valence-corrected chi connectivity index (χ1v) is 7.42. The minimum atomic E-state index is 0.687. The van der Waals surface area contributed by atoms with E-state index in [9.17, 15) is 0 Å². The molecule has 1 heterocycles. The normalized spacial score (nSPS) is 20.7. The predicted molar refractivity (Wildman–Crippen MR) is 83.1 cm³/mol. The van der Waals surface area contributed by atoms with Gasteiger partial charge < -0.3 is 15.1 Å². The molecule has 0 radical (unpaired) electrons. The second-order valence-corrected chi connectivity index (χ2v) is 5.85. The molecule has 0 bridgehead atoms. The summed E-state index contributed by atoms with van der Waals surface area (Å²) in [7, 11) is 4.43. The van der Waals surface area contributed by atoms with Gasteiger partial charge in [-0.15, -0.1) is 0 Å². The van der Waals surface area contributed by atoms with Crippen LogP contribution in [0, 0.1) is 0 Å². The fourth-order valence-corrected chi connectivity index (χ4v) is 2.86. The zero-order chi connectivity index (χ0) is 13.7. The highest BCUT2D eigenvalue weighted by Gasteiger charge is 2.20. The van der Waals surface area contributed by atoms with Crippen LogP contribution in [0.2, 0.25) is 5.02 Å². The Labute approximate surface area is 121 Å². The third kappa shape index (κ3) is 4.37. The molecule has 1 aromatic carbocycles. The smallest absolute Gasteiger partial charge is 0.0637 e. The summed E-state index contributed by atoms with van der Waals surface area (Å²) >= 11 is 6.12. The number of nitrogens with zero attached hydrogens (tertiary/aromatic N) is 2. The number of anilines is 1. The second kappa shape index (κ2) is 7.13. The molecule has 4 heteroatoms. The first-order valence-electron chi connectivity index (χ1n) is 7.04. The summed E-state index contributed by atoms with van der Waals surface area (Å²) in [5.74, 6) is 0. The van der Waals surface area contributed by atoms with Crippen LogP contribution in [-0.2, 0) is 0 Å². The van der Waals surface area contributed by atoms with Crippen molar-refractivity contribution in [3.8, 4) is 0 Å². The molecule has 1 aliphatic rings. The van der Waals surface area contributed by atoms with Crippen molar-refractivity contribution < 1.29 is 0 Å². The minimum Gasteiger partial charge on any atom is -0.383 e. The number of halogens is 1. The van der Waals surface area contributed by atoms with Gasteiger partial charge in [0.15, 0.2) is 0 Å². The highest BCUT2D eigenvalue weighted by Crippen LogP contribution is 2.20. The van der Waals surface area contributed by atoms with Gasteiger partial charge in [0.25, 0.3) is 0 Å². The van der Waals surface area contributed by atoms with Crippen molar-refractivity contribution in [1.82, 2.24) is 9.80 Å². The quantitative estimate of drug-likeness (QED) is 0.895. The third-order valence-corrected chi connectivity index (χ3v) is 4.21. The van der Waals surface area contributed by atoms with Gasteiger partial charge in [0.05, 0.1) is 10.7 Å². The van der Waals surface area contributed by atoms with Gasteiger partial charge in [0, 0.05) is 25.7 Å². The van der Waals surface area contributed by atoms with Crippen LogP contribution in [0.3, 0.4) is 0 Å². The first kappa shape index (κ1) is 14.6. The van der Waals surface area contributed by atoms with Gasteiger partial charge in [-0.2, -0.15) is 0 Å². The fourth-order valence-electron chi connectivity index (χ4n) is 2.65. The van der Waals surface area contributed by atoms with E-state index >= 15 is 0 Å². The Hall–Kier alpha value is -0.770. The molecule has 3 nitrogen and oxygen atoms in total. The van der Waals surface area contributed by atoms with Crippen molar-refractivity contribution in [2.75, 3.05) is 45.6 Å². The maximum Gasteiger partial charge on any atom is 0.0637 e. The average Bonchev–Trinajstić information content (AvgIpc) is 2.41. The van der Waals surface area contributed by atoms with Crippen molar-refractivity contribution in [2.24, 2.45) is 0 Å². The number of hydrogen-bond donors (Lipinski definition) is 1. The maximum atomic E-state index is 6.12. The SMILES string of the molecule is CN1CCCC(N(C)CCNc2ccccc2Cl)C1. The van der Waals surface area contributed by atoms with Gasteiger partial charge >= 0.3 is 0 Å². The van der Waals surface area contributed by atoms with E-state index in [1.165, 1.54) is 25.9 Å². The zero-order valence-corrected chi connectivity index (χ0v) is 12.7. The van der Waals surface area contributed by atoms with Gasteiger partial charge in [-0.1, -0.05) is 23.7 Å². The number of likely N-dealkylation sites (tertiary alicyclic amines) is 1. The molecule has 1 atom stereocenters. The summed E-state index contributed by atoms with van der Waals surface area (Å²) in [5.41, 5.74) is 1.03. The molecule has 1 fully saturated rings. The van der Waals surface area contributed by atoms with E-state index in [2.05, 4.69) is 29.2 Å². The molecule has 1 aliphatic heterocycles. The Morgan fingerprint density at radius 2 is 2.21 bits per heavy atom. The van der Waals surface area contributed by atoms with Crippen molar-refractivity contribution in [2.45, 2.75) is 18.9 Å². The average molecular weight is 282 g/mol. The number of benzene rings is 1. The number of rotatable bonds is 5. The van der Waals surface area contributed by atoms with Crippen LogP contribution in [0.4, 0.5) is 5.69 Å². The molecule has 0 amide bonds. The van der Waals surface area contributed by atoms with E-state index in [1.54, 1.807) is 0 Å². The Balaban J connectivity index is 1.74. The topological polar surface area (TPSA) is 18.5 Å². The number of piperidine rings is 1. The molecule has 19 heavy (non-hydrogen) atoms. The van der Waals surface area contributed by atoms with Crippen molar-refractivity contribution in [3.63, 3.8) is 0 Å². The molecular weight excluding hydrogens is 258 g/mol. The maximum absolute atomic E-state index is 6.12. The first-order chi connectivity index (χ1) is 9.16. The van der Waals surface area contributed by atoms with E-state index in [4.69, 9.17) is 11.6 Å². The van der Waals surface area contributed by atoms with Crippen LogP contribution >= 0.6 is 11.6 Å². The van der Waals surface area contributed by atoms with Crippen molar-refractivity contribution in [3.05, 3.63) is 29.3 Å². The molecule has 0 aliphatic carbocycles. The Morgan fingerprint density at radius 3 is 2.95 bits per heavy atom. The summed E-state index contributed by atoms with van der Waals surface area (Å²) in [4.78, 5) is 4.88. The van der Waals surface area contributed by atoms with E-state index in [1.807, 2.05) is 24.3 Å². The Morgan fingerprint density at radius 1 is 1.42 bits per heavy atom. The molecule has 106 valence electrons. The van der Waals surface area contributed by atoms with E-state index in [0.29, 0.717) is 6.04 Å². The van der Waals surface area contributed by atoms with E-state index in [-0.39, 0.29) is 0 Å². The summed E-state index contributed by atoms with van der Waals surface area (Å²) in [6.07, 6.45) is 2.62. The molecule has 1 saturated heterocycles. The van der Waals surface area contributed by atoms with Crippen LogP contribution in [0.5, 0.6) is 0 Å². The predicted octanol–water partition coefficient (Wildman–Crippen LogP) is 2.78. The lowest BCUT2D eigenvalue weighted by molar-refractivity contribution is 0.138. The fraction of sp³-hybridized carbons (Fsp3) is 0.600. The van der Waals surface area contributed by atoms with Gasteiger partial charge in [0.1, 0.15) is 0 Å². The van der Waals surface area contributed by atoms with Gasteiger partial charge in [-0.05, 0) is 45.6 Å². The van der Waals surface area contributed by atoms with Crippen LogP contribution in [-0.4, -0.2) is 56.1 Å². The number of para-hydroxylation sites is 1. The molecule has 1 N–H and O–H groups in total. The van der Waals surface area contributed by atoms with E-state index in [0.717, 1.165) is 23.8 Å². The molecular formula is C15H24ClN3. The van der Waals surface area contributed by atoms with Gasteiger partial charge in [-0.3, -0.25) is 0 Å². The van der Waals surface area contributed by atoms with Gasteiger partial charge in [-0.25, -0.2) is 0 Å². The van der Waals surface area contributed by atoms with E-state index < -0.39 is 0 Å². The highest BCUT2D eigenvalue weighted by molar-refractivity contribution is 6.33. The number of likely N-dealkylation sites (N-methyl/N-ethyl adjacent to an activating group) is 2. The second-order valence-electron chi connectivity index (χ2n) is 5.45. The largest absolute Gasteiger partial charge is 0.383 e. The van der Waals surface area contributed by atoms with Crippen molar-refractivity contribution >= 4 is 17.3 Å². The van der Waals surface area contributed by atoms with Crippen LogP contribution < -0.4 is 5.32 Å². The zero-order valence-electron chi connectivity index (χ0n) is 11.9. The molecule has 1 aromatic rings. The summed E-state index contributed by atoms with van der Waals surface area (Å²) < 4.78 is 0. The standard InChI is InChI=1S/C15H24ClN3/c1-18-10-5-6-13(12-18)19(2)11-9-17-15-8-4-3-7-14(15)16/h3-4,7-8,13,17H,5-6,9-12H2,1-2H3. The number of hydrogen-bond acceptors (Lipinski definition) is 3. The molecule has 2 rings (SSSR count). The monoisotopic (exact) mass is 281 g/mol. The lowest BCUT2D eigenvalue weighted by atomic mass is 10.1. The van der Waals surface area contributed by atoms with Crippen LogP contribution in [0.1, 0.15) is 12.8 Å². The lowest BCUT2D eigenvalue weighted by Crippen LogP contribution is -2.46. The Bertz CT molecular complexity index is 397. The summed E-state index contributed by atoms with van der Waals surface area (Å²) in [5, 5.41) is 4.20. The lowest BCUT2D eigenvalue weighted by Gasteiger charge is -2.35. The van der Waals surface area contributed by atoms with Crippen LogP contribution in [0.15, 0.2) is 24.3 Å². The summed E-state index contributed by atoms with van der Waals surface area (Å²) in [6, 6.07) is 8.60. The molecule has 0 saturated carbocycles. The number of nitrogens with one attached hydrogen (secondary N) is 1. The van der Waals surface area contributed by atoms with Gasteiger partial charge in [0.2, 0.25) is 0 Å². The molecule has 0 aromatic heterocycles. The molecule has 0 spiro atoms. The minimum absolute atomic E-state index is 0.687. The van der Waals surface area contributed by atoms with Crippen LogP contribution in [0.25, 0.3) is 0 Å². The Kier molecular flexibility index (Phi) is 5.49. The van der Waals surface area contributed by atoms with Crippen molar-refractivity contribution in [1.29, 1.82) is 0 Å².